The second-order valence-corrected chi connectivity index (χ2v) is 8.86. The maximum Gasteiger partial charge on any atom is 0.235 e. The van der Waals surface area contributed by atoms with Gasteiger partial charge in [-0.15, -0.1) is 11.3 Å². The summed E-state index contributed by atoms with van der Waals surface area (Å²) in [6, 6.07) is 14.3. The molecule has 4 rings (SSSR count). The van der Waals surface area contributed by atoms with Crippen molar-refractivity contribution >= 4 is 45.0 Å². The number of anilines is 1. The maximum absolute atomic E-state index is 12.5. The van der Waals surface area contributed by atoms with Crippen molar-refractivity contribution in [3.63, 3.8) is 0 Å². The number of thioether (sulfide) groups is 1. The molecular formula is C21H21N5OS2. The Morgan fingerprint density at radius 3 is 2.76 bits per heavy atom. The van der Waals surface area contributed by atoms with E-state index in [1.165, 1.54) is 11.8 Å². The Hall–Kier alpha value is -2.71. The number of carbonyl (C=O) groups excluding carboxylic acids is 1. The average molecular weight is 424 g/mol. The summed E-state index contributed by atoms with van der Waals surface area (Å²) in [5.74, 6) is 1.60. The van der Waals surface area contributed by atoms with Gasteiger partial charge in [-0.1, -0.05) is 42.1 Å². The van der Waals surface area contributed by atoms with E-state index in [1.807, 2.05) is 39.0 Å². The highest BCUT2D eigenvalue weighted by Crippen LogP contribution is 2.36. The summed E-state index contributed by atoms with van der Waals surface area (Å²) in [7, 11) is 0. The minimum atomic E-state index is -0.0830. The Labute approximate surface area is 177 Å². The molecule has 3 heterocycles. The fourth-order valence-corrected chi connectivity index (χ4v) is 4.98. The molecule has 0 atom stereocenters. The summed E-state index contributed by atoms with van der Waals surface area (Å²) in [5.41, 5.74) is 1.16. The van der Waals surface area contributed by atoms with Gasteiger partial charge >= 0.3 is 0 Å². The Morgan fingerprint density at radius 2 is 2.00 bits per heavy atom. The molecule has 1 amide bonds. The molecule has 1 aromatic carbocycles. The summed E-state index contributed by atoms with van der Waals surface area (Å²) < 4.78 is 1.79. The van der Waals surface area contributed by atoms with Crippen LogP contribution in [0, 0.1) is 6.92 Å². The first kappa shape index (κ1) is 19.6. The van der Waals surface area contributed by atoms with Gasteiger partial charge in [-0.25, -0.2) is 14.6 Å². The first-order valence-electron chi connectivity index (χ1n) is 9.31. The zero-order valence-corrected chi connectivity index (χ0v) is 18.0. The molecule has 0 bridgehead atoms. The third-order valence-electron chi connectivity index (χ3n) is 4.29. The predicted octanol–water partition coefficient (Wildman–Crippen LogP) is 5.17. The standard InChI is InChI=1S/C21H21N5OS2/c1-13(2)26-18(9-10-22-26)25-19(27)12-28-20-16-11-17(15-7-5-4-6-8-15)29-21(16)24-14(3)23-20/h4-11,13H,12H2,1-3H3,(H,25,27). The molecule has 0 saturated heterocycles. The molecule has 3 aromatic heterocycles. The van der Waals surface area contributed by atoms with Crippen LogP contribution in [0.3, 0.4) is 0 Å². The number of amides is 1. The monoisotopic (exact) mass is 423 g/mol. The minimum Gasteiger partial charge on any atom is -0.310 e. The number of nitrogens with one attached hydrogen (secondary N) is 1. The first-order chi connectivity index (χ1) is 14.0. The van der Waals surface area contributed by atoms with Gasteiger partial charge < -0.3 is 5.32 Å². The van der Waals surface area contributed by atoms with E-state index in [0.717, 1.165) is 25.7 Å². The zero-order chi connectivity index (χ0) is 20.4. The van der Waals surface area contributed by atoms with E-state index in [1.54, 1.807) is 28.3 Å². The van der Waals surface area contributed by atoms with Crippen LogP contribution in [0.2, 0.25) is 0 Å². The third kappa shape index (κ3) is 4.33. The summed E-state index contributed by atoms with van der Waals surface area (Å²) in [4.78, 5) is 23.7. The van der Waals surface area contributed by atoms with E-state index in [0.29, 0.717) is 11.6 Å². The van der Waals surface area contributed by atoms with Crippen LogP contribution < -0.4 is 5.32 Å². The fraction of sp³-hybridized carbons (Fsp3) is 0.238. The molecule has 29 heavy (non-hydrogen) atoms. The van der Waals surface area contributed by atoms with Gasteiger partial charge in [0.2, 0.25) is 5.91 Å². The van der Waals surface area contributed by atoms with Crippen molar-refractivity contribution in [3.05, 3.63) is 54.5 Å². The third-order valence-corrected chi connectivity index (χ3v) is 6.36. The lowest BCUT2D eigenvalue weighted by Crippen LogP contribution is -2.18. The number of rotatable bonds is 6. The molecule has 8 heteroatoms. The molecule has 0 aliphatic heterocycles. The van der Waals surface area contributed by atoms with Gasteiger partial charge in [-0.05, 0) is 32.4 Å². The number of carbonyl (C=O) groups is 1. The van der Waals surface area contributed by atoms with Gasteiger partial charge in [0.05, 0.1) is 11.9 Å². The Kier molecular flexibility index (Phi) is 5.64. The van der Waals surface area contributed by atoms with Gasteiger partial charge in [0.15, 0.2) is 0 Å². The molecule has 148 valence electrons. The molecule has 0 radical (unpaired) electrons. The highest BCUT2D eigenvalue weighted by atomic mass is 32.2. The molecule has 0 fully saturated rings. The van der Waals surface area contributed by atoms with Crippen LogP contribution in [0.15, 0.2) is 53.7 Å². The van der Waals surface area contributed by atoms with Crippen LogP contribution in [0.5, 0.6) is 0 Å². The maximum atomic E-state index is 12.5. The van der Waals surface area contributed by atoms with Crippen molar-refractivity contribution in [2.75, 3.05) is 11.1 Å². The van der Waals surface area contributed by atoms with Crippen molar-refractivity contribution in [2.24, 2.45) is 0 Å². The predicted molar refractivity (Wildman–Crippen MR) is 120 cm³/mol. The Bertz CT molecular complexity index is 1150. The number of hydrogen-bond donors (Lipinski definition) is 1. The smallest absolute Gasteiger partial charge is 0.235 e. The lowest BCUT2D eigenvalue weighted by Gasteiger charge is -2.11. The molecule has 1 N–H and O–H groups in total. The van der Waals surface area contributed by atoms with Crippen molar-refractivity contribution in [2.45, 2.75) is 31.8 Å². The van der Waals surface area contributed by atoms with Gasteiger partial charge in [0, 0.05) is 22.4 Å². The molecule has 0 aliphatic rings. The van der Waals surface area contributed by atoms with Gasteiger partial charge in [-0.2, -0.15) is 5.10 Å². The molecule has 0 unspecified atom stereocenters. The first-order valence-corrected chi connectivity index (χ1v) is 11.1. The number of aryl methyl sites for hydroxylation is 1. The highest BCUT2D eigenvalue weighted by molar-refractivity contribution is 8.00. The largest absolute Gasteiger partial charge is 0.310 e. The van der Waals surface area contributed by atoms with Crippen molar-refractivity contribution in [1.29, 1.82) is 0 Å². The van der Waals surface area contributed by atoms with E-state index < -0.39 is 0 Å². The summed E-state index contributed by atoms with van der Waals surface area (Å²) in [5, 5.41) is 9.00. The summed E-state index contributed by atoms with van der Waals surface area (Å²) in [6.45, 7) is 5.93. The number of thiophene rings is 1. The molecular weight excluding hydrogens is 402 g/mol. The second-order valence-electron chi connectivity index (χ2n) is 6.86. The Balaban J connectivity index is 1.54. The zero-order valence-electron chi connectivity index (χ0n) is 16.4. The number of aromatic nitrogens is 4. The quantitative estimate of drug-likeness (QED) is 0.342. The fourth-order valence-electron chi connectivity index (χ4n) is 2.99. The molecule has 0 saturated carbocycles. The van der Waals surface area contributed by atoms with Gasteiger partial charge in [-0.3, -0.25) is 4.79 Å². The molecule has 0 aliphatic carbocycles. The van der Waals surface area contributed by atoms with E-state index in [2.05, 4.69) is 38.6 Å². The molecule has 4 aromatic rings. The lowest BCUT2D eigenvalue weighted by molar-refractivity contribution is -0.113. The van der Waals surface area contributed by atoms with Crippen LogP contribution in [-0.2, 0) is 4.79 Å². The van der Waals surface area contributed by atoms with Crippen LogP contribution in [0.4, 0.5) is 5.82 Å². The van der Waals surface area contributed by atoms with E-state index in [4.69, 9.17) is 0 Å². The number of nitrogens with zero attached hydrogens (tertiary/aromatic N) is 4. The van der Waals surface area contributed by atoms with E-state index in [-0.39, 0.29) is 17.7 Å². The van der Waals surface area contributed by atoms with E-state index >= 15 is 0 Å². The Morgan fingerprint density at radius 1 is 1.21 bits per heavy atom. The van der Waals surface area contributed by atoms with Crippen molar-refractivity contribution in [3.8, 4) is 10.4 Å². The van der Waals surface area contributed by atoms with Crippen LogP contribution >= 0.6 is 23.1 Å². The van der Waals surface area contributed by atoms with Crippen molar-refractivity contribution < 1.29 is 4.79 Å². The molecule has 6 nitrogen and oxygen atoms in total. The molecule has 0 spiro atoms. The van der Waals surface area contributed by atoms with Crippen molar-refractivity contribution in [1.82, 2.24) is 19.7 Å². The van der Waals surface area contributed by atoms with Gasteiger partial charge in [0.1, 0.15) is 21.5 Å². The topological polar surface area (TPSA) is 72.7 Å². The summed E-state index contributed by atoms with van der Waals surface area (Å²) >= 11 is 3.08. The van der Waals surface area contributed by atoms with Crippen LogP contribution in [0.1, 0.15) is 25.7 Å². The van der Waals surface area contributed by atoms with Gasteiger partial charge in [0.25, 0.3) is 0 Å². The van der Waals surface area contributed by atoms with E-state index in [9.17, 15) is 4.79 Å². The number of benzene rings is 1. The highest BCUT2D eigenvalue weighted by Gasteiger charge is 2.15. The normalized spacial score (nSPS) is 11.3. The lowest BCUT2D eigenvalue weighted by atomic mass is 10.2. The average Bonchev–Trinajstić information content (AvgIpc) is 3.33. The van der Waals surface area contributed by atoms with Crippen LogP contribution in [0.25, 0.3) is 20.7 Å². The van der Waals surface area contributed by atoms with Crippen LogP contribution in [-0.4, -0.2) is 31.4 Å². The second kappa shape index (κ2) is 8.34. The SMILES string of the molecule is Cc1nc(SCC(=O)Nc2ccnn2C(C)C)c2cc(-c3ccccc3)sc2n1. The number of hydrogen-bond acceptors (Lipinski definition) is 6. The summed E-state index contributed by atoms with van der Waals surface area (Å²) in [6.07, 6.45) is 1.69. The minimum absolute atomic E-state index is 0.0830. The number of fused-ring (bicyclic) bond motifs is 1.